The van der Waals surface area contributed by atoms with E-state index < -0.39 is 5.82 Å². The number of rotatable bonds is 6. The minimum atomic E-state index is -0.449. The molecule has 1 aliphatic rings. The zero-order chi connectivity index (χ0) is 21.6. The summed E-state index contributed by atoms with van der Waals surface area (Å²) < 4.78 is 21.5. The monoisotopic (exact) mass is 422 g/mol. The minimum absolute atomic E-state index is 0.0244. The van der Waals surface area contributed by atoms with E-state index in [9.17, 15) is 14.0 Å². The smallest absolute Gasteiger partial charge is 0.260 e. The summed E-state index contributed by atoms with van der Waals surface area (Å²) >= 11 is 0. The Hall–Kier alpha value is -3.68. The van der Waals surface area contributed by atoms with Crippen LogP contribution in [0.4, 0.5) is 10.1 Å². The van der Waals surface area contributed by atoms with E-state index in [0.717, 1.165) is 0 Å². The number of anilines is 1. The molecule has 0 bridgehead atoms. The molecule has 0 aliphatic carbocycles. The van der Waals surface area contributed by atoms with E-state index in [0.29, 0.717) is 43.1 Å². The van der Waals surface area contributed by atoms with E-state index in [4.69, 9.17) is 4.74 Å². The summed E-state index contributed by atoms with van der Waals surface area (Å²) in [7, 11) is 0. The number of carbonyl (C=O) groups excluding carboxylic acids is 2. The van der Waals surface area contributed by atoms with Crippen molar-refractivity contribution in [3.63, 3.8) is 0 Å². The number of amides is 2. The molecule has 4 rings (SSSR count). The molecule has 2 heterocycles. The van der Waals surface area contributed by atoms with Gasteiger partial charge in [-0.2, -0.15) is 0 Å². The van der Waals surface area contributed by atoms with E-state index in [2.05, 4.69) is 10.3 Å². The second-order valence-corrected chi connectivity index (χ2v) is 7.38. The van der Waals surface area contributed by atoms with Gasteiger partial charge in [-0.3, -0.25) is 9.59 Å². The highest BCUT2D eigenvalue weighted by atomic mass is 19.1. The maximum absolute atomic E-state index is 14.4. The van der Waals surface area contributed by atoms with Crippen LogP contribution in [0.2, 0.25) is 0 Å². The third kappa shape index (κ3) is 5.09. The van der Waals surface area contributed by atoms with Crippen molar-refractivity contribution in [2.45, 2.75) is 12.8 Å². The summed E-state index contributed by atoms with van der Waals surface area (Å²) in [6, 6.07) is 13.7. The van der Waals surface area contributed by atoms with Gasteiger partial charge in [-0.1, -0.05) is 18.2 Å². The number of carbonyl (C=O) groups is 2. The fraction of sp³-hybridized carbons (Fsp3) is 0.261. The molecule has 1 aliphatic heterocycles. The first-order valence-corrected chi connectivity index (χ1v) is 10.1. The van der Waals surface area contributed by atoms with Crippen molar-refractivity contribution in [1.82, 2.24) is 14.5 Å². The summed E-state index contributed by atoms with van der Waals surface area (Å²) in [5, 5.41) is 2.78. The van der Waals surface area contributed by atoms with Gasteiger partial charge >= 0.3 is 0 Å². The lowest BCUT2D eigenvalue weighted by atomic mass is 9.95. The van der Waals surface area contributed by atoms with Crippen LogP contribution in [0.1, 0.15) is 12.8 Å². The van der Waals surface area contributed by atoms with Gasteiger partial charge in [0.05, 0.1) is 12.0 Å². The molecule has 1 N–H and O–H groups in total. The number of ether oxygens (including phenoxy) is 1. The highest BCUT2D eigenvalue weighted by Crippen LogP contribution is 2.22. The maximum Gasteiger partial charge on any atom is 0.260 e. The van der Waals surface area contributed by atoms with Gasteiger partial charge in [-0.25, -0.2) is 9.37 Å². The molecule has 0 unspecified atom stereocenters. The molecule has 7 nitrogen and oxygen atoms in total. The van der Waals surface area contributed by atoms with E-state index in [1.807, 2.05) is 18.2 Å². The Morgan fingerprint density at radius 1 is 1.13 bits per heavy atom. The summed E-state index contributed by atoms with van der Waals surface area (Å²) in [5.41, 5.74) is 0.765. The highest BCUT2D eigenvalue weighted by molar-refractivity contribution is 5.93. The third-order valence-corrected chi connectivity index (χ3v) is 5.32. The van der Waals surface area contributed by atoms with Gasteiger partial charge in [-0.05, 0) is 43.2 Å². The Morgan fingerprint density at radius 3 is 2.58 bits per heavy atom. The van der Waals surface area contributed by atoms with E-state index in [1.54, 1.807) is 46.1 Å². The molecule has 3 aromatic rings. The number of hydrogen-bond acceptors (Lipinski definition) is 4. The quantitative estimate of drug-likeness (QED) is 0.662. The lowest BCUT2D eigenvalue weighted by Crippen LogP contribution is -2.43. The molecule has 1 aromatic heterocycles. The van der Waals surface area contributed by atoms with Crippen LogP contribution < -0.4 is 10.1 Å². The van der Waals surface area contributed by atoms with Gasteiger partial charge in [0, 0.05) is 37.1 Å². The van der Waals surface area contributed by atoms with Gasteiger partial charge in [0.25, 0.3) is 5.91 Å². The zero-order valence-corrected chi connectivity index (χ0v) is 16.9. The van der Waals surface area contributed by atoms with Crippen LogP contribution in [-0.2, 0) is 9.59 Å². The number of halogens is 1. The van der Waals surface area contributed by atoms with E-state index in [-0.39, 0.29) is 24.3 Å². The van der Waals surface area contributed by atoms with Crippen LogP contribution in [0.25, 0.3) is 5.69 Å². The summed E-state index contributed by atoms with van der Waals surface area (Å²) in [4.78, 5) is 30.6. The number of aromatic nitrogens is 2. The normalized spacial score (nSPS) is 14.3. The zero-order valence-electron chi connectivity index (χ0n) is 16.9. The predicted molar refractivity (Wildman–Crippen MR) is 113 cm³/mol. The van der Waals surface area contributed by atoms with Crippen molar-refractivity contribution in [2.24, 2.45) is 5.92 Å². The first kappa shape index (κ1) is 20.6. The first-order chi connectivity index (χ1) is 15.1. The van der Waals surface area contributed by atoms with Gasteiger partial charge in [0.15, 0.2) is 6.61 Å². The third-order valence-electron chi connectivity index (χ3n) is 5.32. The van der Waals surface area contributed by atoms with Crippen LogP contribution in [0, 0.1) is 11.7 Å². The Morgan fingerprint density at radius 2 is 1.90 bits per heavy atom. The number of nitrogens with zero attached hydrogens (tertiary/aromatic N) is 3. The average Bonchev–Trinajstić information content (AvgIpc) is 3.33. The molecule has 0 spiro atoms. The molecule has 8 heteroatoms. The molecule has 1 saturated heterocycles. The molecule has 31 heavy (non-hydrogen) atoms. The Kier molecular flexibility index (Phi) is 6.26. The molecule has 1 fully saturated rings. The van der Waals surface area contributed by atoms with E-state index >= 15 is 0 Å². The number of nitrogens with one attached hydrogen (secondary N) is 1. The standard InChI is InChI=1S/C23H23FN4O3/c24-20-14-18(6-7-21(20)28-13-10-25-16-28)26-23(30)17-8-11-27(12-9-17)22(29)15-31-19-4-2-1-3-5-19/h1-7,10,13-14,16-17H,8-9,11-12,15H2,(H,26,30). The van der Waals surface area contributed by atoms with Crippen molar-refractivity contribution in [3.8, 4) is 11.4 Å². The van der Waals surface area contributed by atoms with Gasteiger partial charge in [0.1, 0.15) is 11.6 Å². The lowest BCUT2D eigenvalue weighted by molar-refractivity contribution is -0.136. The minimum Gasteiger partial charge on any atom is -0.484 e. The summed E-state index contributed by atoms with van der Waals surface area (Å²) in [5.74, 6) is -0.288. The summed E-state index contributed by atoms with van der Waals surface area (Å²) in [6.07, 6.45) is 5.84. The number of para-hydroxylation sites is 1. The fourth-order valence-electron chi connectivity index (χ4n) is 3.58. The maximum atomic E-state index is 14.4. The molecular weight excluding hydrogens is 399 g/mol. The molecule has 160 valence electrons. The van der Waals surface area contributed by atoms with Crippen molar-refractivity contribution in [3.05, 3.63) is 73.1 Å². The fourth-order valence-corrected chi connectivity index (χ4v) is 3.58. The van der Waals surface area contributed by atoms with Crippen molar-refractivity contribution < 1.29 is 18.7 Å². The van der Waals surface area contributed by atoms with Crippen LogP contribution in [0.3, 0.4) is 0 Å². The second-order valence-electron chi connectivity index (χ2n) is 7.38. The number of piperidine rings is 1. The van der Waals surface area contributed by atoms with E-state index in [1.165, 1.54) is 12.4 Å². The van der Waals surface area contributed by atoms with Crippen LogP contribution in [0.15, 0.2) is 67.3 Å². The topological polar surface area (TPSA) is 76.5 Å². The molecule has 2 amide bonds. The van der Waals surface area contributed by atoms with Crippen molar-refractivity contribution >= 4 is 17.5 Å². The number of hydrogen-bond donors (Lipinski definition) is 1. The van der Waals surface area contributed by atoms with Gasteiger partial charge < -0.3 is 19.5 Å². The average molecular weight is 422 g/mol. The Balaban J connectivity index is 1.26. The van der Waals surface area contributed by atoms with Gasteiger partial charge in [-0.15, -0.1) is 0 Å². The Bertz CT molecular complexity index is 1030. The number of likely N-dealkylation sites (tertiary alicyclic amines) is 1. The molecule has 2 aromatic carbocycles. The highest BCUT2D eigenvalue weighted by Gasteiger charge is 2.27. The molecule has 0 atom stereocenters. The Labute approximate surface area is 179 Å². The van der Waals surface area contributed by atoms with Crippen LogP contribution >= 0.6 is 0 Å². The van der Waals surface area contributed by atoms with Crippen molar-refractivity contribution in [2.75, 3.05) is 25.0 Å². The van der Waals surface area contributed by atoms with Crippen LogP contribution in [-0.4, -0.2) is 46.0 Å². The van der Waals surface area contributed by atoms with Gasteiger partial charge in [0.2, 0.25) is 5.91 Å². The molecular formula is C23H23FN4O3. The number of imidazole rings is 1. The van der Waals surface area contributed by atoms with Crippen molar-refractivity contribution in [1.29, 1.82) is 0 Å². The summed E-state index contributed by atoms with van der Waals surface area (Å²) in [6.45, 7) is 0.954. The van der Waals surface area contributed by atoms with Crippen LogP contribution in [0.5, 0.6) is 5.75 Å². The molecule has 0 radical (unpaired) electrons. The lowest BCUT2D eigenvalue weighted by Gasteiger charge is -2.31. The SMILES string of the molecule is O=C(Nc1ccc(-n2ccnc2)c(F)c1)C1CCN(C(=O)COc2ccccc2)CC1. The second kappa shape index (κ2) is 9.42. The predicted octanol–water partition coefficient (Wildman–Crippen LogP) is 3.27. The number of benzene rings is 2. The molecule has 0 saturated carbocycles. The largest absolute Gasteiger partial charge is 0.484 e. The first-order valence-electron chi connectivity index (χ1n) is 10.1.